The lowest BCUT2D eigenvalue weighted by Crippen LogP contribution is -2.34. The van der Waals surface area contributed by atoms with Crippen molar-refractivity contribution in [2.45, 2.75) is 18.9 Å². The normalized spacial score (nSPS) is 17.8. The molecule has 2 atom stereocenters. The second-order valence-corrected chi connectivity index (χ2v) is 6.65. The van der Waals surface area contributed by atoms with Crippen molar-refractivity contribution in [2.75, 3.05) is 6.54 Å². The quantitative estimate of drug-likeness (QED) is 0.262. The molecule has 2 aromatic carbocycles. The van der Waals surface area contributed by atoms with E-state index in [1.807, 2.05) is 48.7 Å². The molecule has 0 saturated heterocycles. The van der Waals surface area contributed by atoms with Gasteiger partial charge < -0.3 is 9.73 Å². The summed E-state index contributed by atoms with van der Waals surface area (Å²) in [5.74, 6) is 4.71. The average molecular weight is 360 g/mol. The lowest BCUT2D eigenvalue weighted by atomic mass is 9.79. The second-order valence-electron chi connectivity index (χ2n) is 6.65. The SMILES string of the molecule is O=C(NO)C1C#CC1c1ccc(CNCCc2coc3ccccc23)cc1. The van der Waals surface area contributed by atoms with Crippen LogP contribution in [0.15, 0.2) is 59.2 Å². The number of fused-ring (bicyclic) bond motifs is 1. The van der Waals surface area contributed by atoms with Crippen LogP contribution in [-0.2, 0) is 17.8 Å². The lowest BCUT2D eigenvalue weighted by Gasteiger charge is -2.23. The predicted molar refractivity (Wildman–Crippen MR) is 102 cm³/mol. The third-order valence-electron chi connectivity index (χ3n) is 4.92. The van der Waals surface area contributed by atoms with Gasteiger partial charge in [-0.05, 0) is 35.7 Å². The van der Waals surface area contributed by atoms with Crippen LogP contribution in [0.25, 0.3) is 11.0 Å². The van der Waals surface area contributed by atoms with E-state index in [4.69, 9.17) is 9.62 Å². The van der Waals surface area contributed by atoms with E-state index in [2.05, 4.69) is 23.2 Å². The summed E-state index contributed by atoms with van der Waals surface area (Å²) in [7, 11) is 0. The molecule has 27 heavy (non-hydrogen) atoms. The number of rotatable bonds is 7. The Morgan fingerprint density at radius 2 is 1.93 bits per heavy atom. The summed E-state index contributed by atoms with van der Waals surface area (Å²) in [6.45, 7) is 1.63. The molecule has 1 aromatic heterocycles. The Bertz CT molecular complexity index is 1010. The first-order chi connectivity index (χ1) is 13.3. The van der Waals surface area contributed by atoms with Gasteiger partial charge in [-0.2, -0.15) is 0 Å². The second kappa shape index (κ2) is 7.67. The predicted octanol–water partition coefficient (Wildman–Crippen LogP) is 2.99. The molecule has 0 bridgehead atoms. The van der Waals surface area contributed by atoms with Crippen LogP contribution < -0.4 is 10.8 Å². The van der Waals surface area contributed by atoms with Crippen LogP contribution in [0.1, 0.15) is 22.6 Å². The van der Waals surface area contributed by atoms with Gasteiger partial charge in [0.25, 0.3) is 5.91 Å². The molecule has 0 radical (unpaired) electrons. The molecule has 4 rings (SSSR count). The molecule has 1 aliphatic rings. The number of hydroxylamine groups is 1. The monoisotopic (exact) mass is 360 g/mol. The Morgan fingerprint density at radius 1 is 1.11 bits per heavy atom. The molecule has 1 heterocycles. The maximum absolute atomic E-state index is 11.5. The van der Waals surface area contributed by atoms with Gasteiger partial charge in [-0.15, -0.1) is 0 Å². The first-order valence-electron chi connectivity index (χ1n) is 8.96. The van der Waals surface area contributed by atoms with E-state index in [1.54, 1.807) is 5.48 Å². The molecular weight excluding hydrogens is 340 g/mol. The van der Waals surface area contributed by atoms with Gasteiger partial charge in [0.1, 0.15) is 11.5 Å². The van der Waals surface area contributed by atoms with Crippen molar-refractivity contribution in [3.05, 3.63) is 71.5 Å². The molecule has 0 saturated carbocycles. The molecular formula is C22H20N2O3. The highest BCUT2D eigenvalue weighted by Gasteiger charge is 2.31. The van der Waals surface area contributed by atoms with Crippen molar-refractivity contribution in [1.29, 1.82) is 0 Å². The standard InChI is InChI=1S/C22H20N2O3/c25-22(24-26)20-10-9-18(20)16-7-5-15(6-8-16)13-23-12-11-17-14-27-21-4-2-1-3-19(17)21/h1-8,14,18,20,23,26H,11-13H2,(H,24,25). The minimum atomic E-state index is -0.469. The Balaban J connectivity index is 1.28. The summed E-state index contributed by atoms with van der Waals surface area (Å²) in [6, 6.07) is 16.2. The van der Waals surface area contributed by atoms with Gasteiger partial charge in [-0.1, -0.05) is 54.3 Å². The number of benzene rings is 2. The zero-order valence-corrected chi connectivity index (χ0v) is 14.7. The molecule has 3 N–H and O–H groups in total. The highest BCUT2D eigenvalue weighted by molar-refractivity contribution is 5.84. The van der Waals surface area contributed by atoms with Crippen LogP contribution in [0.5, 0.6) is 0 Å². The number of nitrogens with one attached hydrogen (secondary N) is 2. The van der Waals surface area contributed by atoms with Crippen molar-refractivity contribution in [1.82, 2.24) is 10.8 Å². The van der Waals surface area contributed by atoms with E-state index in [1.165, 1.54) is 16.5 Å². The van der Waals surface area contributed by atoms with Gasteiger partial charge in [-0.3, -0.25) is 10.0 Å². The van der Waals surface area contributed by atoms with Gasteiger partial charge in [0.15, 0.2) is 0 Å². The van der Waals surface area contributed by atoms with Crippen LogP contribution in [0.3, 0.4) is 0 Å². The third kappa shape index (κ3) is 3.59. The lowest BCUT2D eigenvalue weighted by molar-refractivity contribution is -0.132. The highest BCUT2D eigenvalue weighted by atomic mass is 16.5. The molecule has 5 heteroatoms. The minimum Gasteiger partial charge on any atom is -0.464 e. The summed E-state index contributed by atoms with van der Waals surface area (Å²) in [5, 5.41) is 13.4. The number of carbonyl (C=O) groups excluding carboxylic acids is 1. The highest BCUT2D eigenvalue weighted by Crippen LogP contribution is 2.30. The number of hydrogen-bond donors (Lipinski definition) is 3. The molecule has 0 aliphatic heterocycles. The van der Waals surface area contributed by atoms with E-state index in [0.29, 0.717) is 0 Å². The van der Waals surface area contributed by atoms with Crippen LogP contribution in [0.4, 0.5) is 0 Å². The van der Waals surface area contributed by atoms with Crippen LogP contribution in [0, 0.1) is 17.8 Å². The zero-order valence-electron chi connectivity index (χ0n) is 14.7. The van der Waals surface area contributed by atoms with Crippen LogP contribution in [-0.4, -0.2) is 17.7 Å². The van der Waals surface area contributed by atoms with Gasteiger partial charge >= 0.3 is 0 Å². The van der Waals surface area contributed by atoms with Gasteiger partial charge in [0.05, 0.1) is 12.2 Å². The van der Waals surface area contributed by atoms with Gasteiger partial charge in [0, 0.05) is 11.9 Å². The maximum atomic E-state index is 11.5. The minimum absolute atomic E-state index is 0.145. The van der Waals surface area contributed by atoms with Crippen LogP contribution in [0.2, 0.25) is 0 Å². The Kier molecular flexibility index (Phi) is 4.93. The van der Waals surface area contributed by atoms with E-state index >= 15 is 0 Å². The molecule has 2 unspecified atom stereocenters. The first-order valence-corrected chi connectivity index (χ1v) is 8.96. The first kappa shape index (κ1) is 17.3. The van der Waals surface area contributed by atoms with E-state index in [-0.39, 0.29) is 5.92 Å². The van der Waals surface area contributed by atoms with E-state index < -0.39 is 11.8 Å². The van der Waals surface area contributed by atoms with Crippen molar-refractivity contribution >= 4 is 16.9 Å². The molecule has 5 nitrogen and oxygen atoms in total. The summed E-state index contributed by atoms with van der Waals surface area (Å²) in [4.78, 5) is 11.5. The summed E-state index contributed by atoms with van der Waals surface area (Å²) >= 11 is 0. The topological polar surface area (TPSA) is 74.5 Å². The summed E-state index contributed by atoms with van der Waals surface area (Å²) in [5.41, 5.74) is 5.98. The number of carbonyl (C=O) groups is 1. The maximum Gasteiger partial charge on any atom is 0.260 e. The Morgan fingerprint density at radius 3 is 2.67 bits per heavy atom. The fraction of sp³-hybridized carbons (Fsp3) is 0.227. The Labute approximate surface area is 157 Å². The van der Waals surface area contributed by atoms with Gasteiger partial charge in [0.2, 0.25) is 0 Å². The molecule has 0 spiro atoms. The fourth-order valence-electron chi connectivity index (χ4n) is 3.34. The van der Waals surface area contributed by atoms with Gasteiger partial charge in [-0.25, -0.2) is 5.48 Å². The molecule has 0 fully saturated rings. The number of amides is 1. The van der Waals surface area contributed by atoms with Crippen molar-refractivity contribution in [3.63, 3.8) is 0 Å². The smallest absolute Gasteiger partial charge is 0.260 e. The number of hydrogen-bond acceptors (Lipinski definition) is 4. The van der Waals surface area contributed by atoms with E-state index in [0.717, 1.165) is 30.7 Å². The average Bonchev–Trinajstić information content (AvgIpc) is 3.09. The molecule has 136 valence electrons. The Hall–Kier alpha value is -3.07. The fourth-order valence-corrected chi connectivity index (χ4v) is 3.34. The molecule has 1 amide bonds. The molecule has 3 aromatic rings. The van der Waals surface area contributed by atoms with Crippen molar-refractivity contribution < 1.29 is 14.4 Å². The number of para-hydroxylation sites is 1. The summed E-state index contributed by atoms with van der Waals surface area (Å²) in [6.07, 6.45) is 2.74. The summed E-state index contributed by atoms with van der Waals surface area (Å²) < 4.78 is 5.57. The van der Waals surface area contributed by atoms with E-state index in [9.17, 15) is 4.79 Å². The zero-order chi connectivity index (χ0) is 18.6. The molecule has 1 aliphatic carbocycles. The largest absolute Gasteiger partial charge is 0.464 e. The third-order valence-corrected chi connectivity index (χ3v) is 4.92. The van der Waals surface area contributed by atoms with Crippen molar-refractivity contribution in [3.8, 4) is 11.8 Å². The van der Waals surface area contributed by atoms with Crippen LogP contribution >= 0.6 is 0 Å². The number of furan rings is 1. The van der Waals surface area contributed by atoms with Crippen molar-refractivity contribution in [2.24, 2.45) is 5.92 Å².